The molecule has 7 heteroatoms. The number of nitro benzene ring substituents is 1. The standard InChI is InChI=1S/C18H24N4O3/c1-13-11-21(12-14(2)25-13)9-8-20(3)17-4-5-18(22(23)24)16-10-19-7-6-15(16)17/h4-7,10,13-14H,8-9,11-12H2,1-3H3/t13-,14+. The quantitative estimate of drug-likeness (QED) is 0.613. The van der Waals surface area contributed by atoms with Crippen LogP contribution in [0.5, 0.6) is 0 Å². The van der Waals surface area contributed by atoms with E-state index in [0.29, 0.717) is 5.39 Å². The predicted octanol–water partition coefficient (Wildman–Crippen LogP) is 2.69. The molecule has 1 aliphatic rings. The summed E-state index contributed by atoms with van der Waals surface area (Å²) < 4.78 is 5.78. The predicted molar refractivity (Wildman–Crippen MR) is 98.1 cm³/mol. The van der Waals surface area contributed by atoms with Gasteiger partial charge in [-0.3, -0.25) is 20.0 Å². The van der Waals surface area contributed by atoms with Gasteiger partial charge in [-0.15, -0.1) is 0 Å². The summed E-state index contributed by atoms with van der Waals surface area (Å²) in [5, 5.41) is 12.7. The van der Waals surface area contributed by atoms with E-state index < -0.39 is 0 Å². The van der Waals surface area contributed by atoms with Gasteiger partial charge in [0, 0.05) is 62.8 Å². The first kappa shape index (κ1) is 17.6. The first-order chi connectivity index (χ1) is 12.0. The number of ether oxygens (including phenoxy) is 1. The fourth-order valence-corrected chi connectivity index (χ4v) is 3.53. The summed E-state index contributed by atoms with van der Waals surface area (Å²) in [5.41, 5.74) is 1.08. The van der Waals surface area contributed by atoms with Gasteiger partial charge in [0.1, 0.15) is 0 Å². The molecule has 25 heavy (non-hydrogen) atoms. The minimum atomic E-state index is -0.357. The van der Waals surface area contributed by atoms with Gasteiger partial charge in [0.25, 0.3) is 5.69 Å². The van der Waals surface area contributed by atoms with E-state index in [2.05, 4.69) is 28.6 Å². The highest BCUT2D eigenvalue weighted by atomic mass is 16.6. The first-order valence-corrected chi connectivity index (χ1v) is 8.55. The lowest BCUT2D eigenvalue weighted by Crippen LogP contribution is -2.47. The molecule has 2 aromatic rings. The monoisotopic (exact) mass is 344 g/mol. The first-order valence-electron chi connectivity index (χ1n) is 8.55. The molecule has 0 radical (unpaired) electrons. The molecule has 1 fully saturated rings. The molecule has 0 N–H and O–H groups in total. The van der Waals surface area contributed by atoms with E-state index >= 15 is 0 Å². The van der Waals surface area contributed by atoms with Crippen molar-refractivity contribution in [3.8, 4) is 0 Å². The Bertz CT molecular complexity index is 757. The third-order valence-electron chi connectivity index (χ3n) is 4.63. The van der Waals surface area contributed by atoms with E-state index in [9.17, 15) is 10.1 Å². The summed E-state index contributed by atoms with van der Waals surface area (Å²) in [6, 6.07) is 5.23. The van der Waals surface area contributed by atoms with Crippen molar-refractivity contribution in [2.75, 3.05) is 38.1 Å². The third kappa shape index (κ3) is 3.88. The van der Waals surface area contributed by atoms with Crippen molar-refractivity contribution in [1.82, 2.24) is 9.88 Å². The number of nitro groups is 1. The maximum Gasteiger partial charge on any atom is 0.278 e. The number of hydrogen-bond donors (Lipinski definition) is 0. The lowest BCUT2D eigenvalue weighted by atomic mass is 10.1. The topological polar surface area (TPSA) is 71.7 Å². The Balaban J connectivity index is 1.77. The number of rotatable bonds is 5. The van der Waals surface area contributed by atoms with E-state index in [1.807, 2.05) is 19.2 Å². The Morgan fingerprint density at radius 3 is 2.68 bits per heavy atom. The van der Waals surface area contributed by atoms with Gasteiger partial charge in [-0.2, -0.15) is 0 Å². The number of benzene rings is 1. The van der Waals surface area contributed by atoms with Crippen molar-refractivity contribution in [1.29, 1.82) is 0 Å². The smallest absolute Gasteiger partial charge is 0.278 e. The second kappa shape index (κ2) is 7.33. The lowest BCUT2D eigenvalue weighted by molar-refractivity contribution is -0.383. The van der Waals surface area contributed by atoms with Crippen molar-refractivity contribution in [2.24, 2.45) is 0 Å². The van der Waals surface area contributed by atoms with Crippen LogP contribution in [0.2, 0.25) is 0 Å². The van der Waals surface area contributed by atoms with Crippen molar-refractivity contribution in [3.63, 3.8) is 0 Å². The average molecular weight is 344 g/mol. The normalized spacial score (nSPS) is 21.4. The number of pyridine rings is 1. The molecule has 2 atom stereocenters. The van der Waals surface area contributed by atoms with Gasteiger partial charge in [-0.05, 0) is 26.0 Å². The van der Waals surface area contributed by atoms with Crippen LogP contribution >= 0.6 is 0 Å². The molecule has 134 valence electrons. The molecule has 1 aliphatic heterocycles. The molecule has 1 aromatic carbocycles. The third-order valence-corrected chi connectivity index (χ3v) is 4.63. The zero-order valence-electron chi connectivity index (χ0n) is 14.9. The summed E-state index contributed by atoms with van der Waals surface area (Å²) in [6.07, 6.45) is 3.74. The summed E-state index contributed by atoms with van der Waals surface area (Å²) in [5.74, 6) is 0. The van der Waals surface area contributed by atoms with E-state index in [4.69, 9.17) is 4.74 Å². The van der Waals surface area contributed by atoms with Crippen molar-refractivity contribution in [2.45, 2.75) is 26.1 Å². The molecule has 3 rings (SSSR count). The summed E-state index contributed by atoms with van der Waals surface area (Å²) in [7, 11) is 2.02. The number of aromatic nitrogens is 1. The average Bonchev–Trinajstić information content (AvgIpc) is 2.57. The number of likely N-dealkylation sites (N-methyl/N-ethyl adjacent to an activating group) is 1. The molecule has 0 amide bonds. The van der Waals surface area contributed by atoms with Crippen LogP contribution in [-0.2, 0) is 4.74 Å². The fourth-order valence-electron chi connectivity index (χ4n) is 3.53. The van der Waals surface area contributed by atoms with Crippen LogP contribution < -0.4 is 4.90 Å². The van der Waals surface area contributed by atoms with Crippen LogP contribution in [-0.4, -0.2) is 60.2 Å². The van der Waals surface area contributed by atoms with Gasteiger partial charge in [0.15, 0.2) is 0 Å². The molecule has 0 bridgehead atoms. The van der Waals surface area contributed by atoms with E-state index in [1.165, 1.54) is 0 Å². The van der Waals surface area contributed by atoms with Crippen LogP contribution in [0, 0.1) is 10.1 Å². The van der Waals surface area contributed by atoms with Gasteiger partial charge < -0.3 is 9.64 Å². The Morgan fingerprint density at radius 1 is 1.28 bits per heavy atom. The molecule has 7 nitrogen and oxygen atoms in total. The zero-order valence-corrected chi connectivity index (χ0v) is 14.9. The SMILES string of the molecule is C[C@@H]1CN(CCN(C)c2ccc([N+](=O)[O-])c3cnccc23)C[C@H](C)O1. The lowest BCUT2D eigenvalue weighted by Gasteiger charge is -2.36. The number of non-ortho nitro benzene ring substituents is 1. The van der Waals surface area contributed by atoms with E-state index in [-0.39, 0.29) is 22.8 Å². The van der Waals surface area contributed by atoms with Crippen molar-refractivity contribution < 1.29 is 9.66 Å². The number of nitrogens with zero attached hydrogens (tertiary/aromatic N) is 4. The molecule has 0 aliphatic carbocycles. The van der Waals surface area contributed by atoms with Crippen LogP contribution in [0.15, 0.2) is 30.6 Å². The Hall–Kier alpha value is -2.25. The molecule has 2 heterocycles. The summed E-state index contributed by atoms with van der Waals surface area (Å²) in [4.78, 5) is 19.5. The number of fused-ring (bicyclic) bond motifs is 1. The van der Waals surface area contributed by atoms with E-state index in [1.54, 1.807) is 18.5 Å². The molecule has 1 aromatic heterocycles. The second-order valence-electron chi connectivity index (χ2n) is 6.72. The highest BCUT2D eigenvalue weighted by Gasteiger charge is 2.22. The second-order valence-corrected chi connectivity index (χ2v) is 6.72. The van der Waals surface area contributed by atoms with Gasteiger partial charge in [0.2, 0.25) is 0 Å². The highest BCUT2D eigenvalue weighted by molar-refractivity contribution is 5.99. The van der Waals surface area contributed by atoms with Crippen LogP contribution in [0.25, 0.3) is 10.8 Å². The molecular weight excluding hydrogens is 320 g/mol. The largest absolute Gasteiger partial charge is 0.373 e. The van der Waals surface area contributed by atoms with Crippen LogP contribution in [0.1, 0.15) is 13.8 Å². The number of morpholine rings is 1. The maximum absolute atomic E-state index is 11.2. The van der Waals surface area contributed by atoms with Crippen molar-refractivity contribution in [3.05, 3.63) is 40.7 Å². The highest BCUT2D eigenvalue weighted by Crippen LogP contribution is 2.32. The molecule has 0 spiro atoms. The summed E-state index contributed by atoms with van der Waals surface area (Å²) in [6.45, 7) is 7.84. The maximum atomic E-state index is 11.2. The van der Waals surface area contributed by atoms with Gasteiger partial charge in [0.05, 0.1) is 22.5 Å². The van der Waals surface area contributed by atoms with E-state index in [0.717, 1.165) is 37.3 Å². The number of hydrogen-bond acceptors (Lipinski definition) is 6. The van der Waals surface area contributed by atoms with Gasteiger partial charge in [-0.1, -0.05) is 0 Å². The van der Waals surface area contributed by atoms with Crippen LogP contribution in [0.3, 0.4) is 0 Å². The molecule has 0 saturated carbocycles. The minimum Gasteiger partial charge on any atom is -0.373 e. The Morgan fingerprint density at radius 2 is 2.00 bits per heavy atom. The van der Waals surface area contributed by atoms with Crippen molar-refractivity contribution >= 4 is 22.1 Å². The fraction of sp³-hybridized carbons (Fsp3) is 0.500. The molecule has 1 saturated heterocycles. The molecular formula is C18H24N4O3. The Labute approximate surface area is 147 Å². The van der Waals surface area contributed by atoms with Gasteiger partial charge >= 0.3 is 0 Å². The minimum absolute atomic E-state index is 0.0936. The molecule has 0 unspecified atom stereocenters. The summed E-state index contributed by atoms with van der Waals surface area (Å²) >= 11 is 0. The van der Waals surface area contributed by atoms with Gasteiger partial charge in [-0.25, -0.2) is 0 Å². The number of anilines is 1. The zero-order chi connectivity index (χ0) is 18.0. The Kier molecular flexibility index (Phi) is 5.15. The van der Waals surface area contributed by atoms with Crippen LogP contribution in [0.4, 0.5) is 11.4 Å².